The lowest BCUT2D eigenvalue weighted by Gasteiger charge is -2.51. The molecule has 2 rings (SSSR count). The van der Waals surface area contributed by atoms with Gasteiger partial charge < -0.3 is 0 Å². The maximum atomic E-state index is 11.4. The Hall–Kier alpha value is -0.330. The molecule has 0 amide bonds. The van der Waals surface area contributed by atoms with E-state index in [9.17, 15) is 4.79 Å². The van der Waals surface area contributed by atoms with Crippen LogP contribution >= 0.6 is 0 Å². The molecule has 2 aliphatic carbocycles. The normalized spacial score (nSPS) is 42.5. The first-order valence-corrected chi connectivity index (χ1v) is 4.77. The van der Waals surface area contributed by atoms with E-state index in [-0.39, 0.29) is 5.41 Å². The maximum absolute atomic E-state index is 11.4. The summed E-state index contributed by atoms with van der Waals surface area (Å²) < 4.78 is 0. The third kappa shape index (κ3) is 0.863. The van der Waals surface area contributed by atoms with Crippen molar-refractivity contribution in [1.82, 2.24) is 0 Å². The Balaban J connectivity index is 2.15. The van der Waals surface area contributed by atoms with E-state index in [1.54, 1.807) is 6.92 Å². The van der Waals surface area contributed by atoms with Crippen LogP contribution in [-0.4, -0.2) is 5.78 Å². The molecule has 0 aromatic rings. The van der Waals surface area contributed by atoms with E-state index in [1.807, 2.05) is 0 Å². The topological polar surface area (TPSA) is 17.1 Å². The lowest BCUT2D eigenvalue weighted by Crippen LogP contribution is -2.47. The highest BCUT2D eigenvalue weighted by atomic mass is 16.1. The largest absolute Gasteiger partial charge is 0.299 e. The SMILES string of the molecule is CC(=O)C12CCCCC1CC2. The predicted octanol–water partition coefficient (Wildman–Crippen LogP) is 2.55. The molecule has 1 heteroatoms. The quantitative estimate of drug-likeness (QED) is 0.564. The average molecular weight is 152 g/mol. The first kappa shape index (κ1) is 7.33. The molecule has 1 nitrogen and oxygen atoms in total. The van der Waals surface area contributed by atoms with E-state index < -0.39 is 0 Å². The molecule has 2 atom stereocenters. The maximum Gasteiger partial charge on any atom is 0.136 e. The van der Waals surface area contributed by atoms with Crippen molar-refractivity contribution in [3.63, 3.8) is 0 Å². The molecule has 2 fully saturated rings. The fourth-order valence-electron chi connectivity index (χ4n) is 2.92. The van der Waals surface area contributed by atoms with E-state index in [0.29, 0.717) is 5.78 Å². The summed E-state index contributed by atoms with van der Waals surface area (Å²) in [6, 6.07) is 0. The molecule has 62 valence electrons. The Labute approximate surface area is 68.2 Å². The van der Waals surface area contributed by atoms with Crippen LogP contribution in [0.15, 0.2) is 0 Å². The summed E-state index contributed by atoms with van der Waals surface area (Å²) in [5.74, 6) is 1.24. The first-order chi connectivity index (χ1) is 5.26. The van der Waals surface area contributed by atoms with Gasteiger partial charge in [-0.05, 0) is 38.5 Å². The molecule has 11 heavy (non-hydrogen) atoms. The lowest BCUT2D eigenvalue weighted by molar-refractivity contribution is -0.141. The highest BCUT2D eigenvalue weighted by Gasteiger charge is 2.50. The number of hydrogen-bond acceptors (Lipinski definition) is 1. The van der Waals surface area contributed by atoms with Crippen LogP contribution in [0.5, 0.6) is 0 Å². The summed E-state index contributed by atoms with van der Waals surface area (Å²) in [5.41, 5.74) is 0.179. The molecule has 0 aromatic heterocycles. The van der Waals surface area contributed by atoms with Crippen LogP contribution in [-0.2, 0) is 4.79 Å². The summed E-state index contributed by atoms with van der Waals surface area (Å²) >= 11 is 0. The van der Waals surface area contributed by atoms with Gasteiger partial charge in [0, 0.05) is 5.41 Å². The van der Waals surface area contributed by atoms with Gasteiger partial charge in [0.25, 0.3) is 0 Å². The number of carbonyl (C=O) groups excluding carboxylic acids is 1. The van der Waals surface area contributed by atoms with E-state index in [1.165, 1.54) is 38.5 Å². The molecule has 2 saturated carbocycles. The molecule has 0 bridgehead atoms. The van der Waals surface area contributed by atoms with Crippen LogP contribution in [0, 0.1) is 11.3 Å². The van der Waals surface area contributed by atoms with Gasteiger partial charge in [0.2, 0.25) is 0 Å². The van der Waals surface area contributed by atoms with Gasteiger partial charge in [0.05, 0.1) is 0 Å². The third-order valence-corrected chi connectivity index (χ3v) is 3.85. The van der Waals surface area contributed by atoms with Crippen molar-refractivity contribution < 1.29 is 4.79 Å². The monoisotopic (exact) mass is 152 g/mol. The Morgan fingerprint density at radius 1 is 1.27 bits per heavy atom. The second-order valence-electron chi connectivity index (χ2n) is 4.19. The van der Waals surface area contributed by atoms with Gasteiger partial charge in [-0.25, -0.2) is 0 Å². The third-order valence-electron chi connectivity index (χ3n) is 3.85. The van der Waals surface area contributed by atoms with Crippen molar-refractivity contribution in [2.24, 2.45) is 11.3 Å². The second kappa shape index (κ2) is 2.33. The summed E-state index contributed by atoms with van der Waals surface area (Å²) in [4.78, 5) is 11.4. The van der Waals surface area contributed by atoms with E-state index >= 15 is 0 Å². The molecule has 0 spiro atoms. The first-order valence-electron chi connectivity index (χ1n) is 4.77. The fraction of sp³-hybridized carbons (Fsp3) is 0.900. The number of rotatable bonds is 1. The van der Waals surface area contributed by atoms with E-state index in [0.717, 1.165) is 5.92 Å². The van der Waals surface area contributed by atoms with Gasteiger partial charge in [-0.2, -0.15) is 0 Å². The van der Waals surface area contributed by atoms with E-state index in [4.69, 9.17) is 0 Å². The number of hydrogen-bond donors (Lipinski definition) is 0. The molecule has 0 saturated heterocycles. The molecule has 0 N–H and O–H groups in total. The highest BCUT2D eigenvalue weighted by Crippen LogP contribution is 2.55. The zero-order chi connectivity index (χ0) is 7.90. The summed E-state index contributed by atoms with van der Waals surface area (Å²) in [7, 11) is 0. The molecular weight excluding hydrogens is 136 g/mol. The number of carbonyl (C=O) groups is 1. The van der Waals surface area contributed by atoms with Crippen LogP contribution in [0.4, 0.5) is 0 Å². The average Bonchev–Trinajstić information content (AvgIpc) is 1.91. The van der Waals surface area contributed by atoms with Crippen molar-refractivity contribution in [3.8, 4) is 0 Å². The minimum absolute atomic E-state index is 0.179. The molecular formula is C10H16O. The number of Topliss-reactive ketones (excluding diaryl/α,β-unsaturated/α-hetero) is 1. The van der Waals surface area contributed by atoms with Crippen molar-refractivity contribution in [2.45, 2.75) is 45.4 Å². The van der Waals surface area contributed by atoms with Gasteiger partial charge in [0.1, 0.15) is 5.78 Å². The summed E-state index contributed by atoms with van der Waals surface area (Å²) in [6.45, 7) is 1.79. The Kier molecular flexibility index (Phi) is 1.55. The molecule has 0 radical (unpaired) electrons. The molecule has 0 aliphatic heterocycles. The predicted molar refractivity (Wildman–Crippen MR) is 44.3 cm³/mol. The van der Waals surface area contributed by atoms with E-state index in [2.05, 4.69) is 0 Å². The minimum atomic E-state index is 0.179. The van der Waals surface area contributed by atoms with Crippen LogP contribution in [0.2, 0.25) is 0 Å². The number of fused-ring (bicyclic) bond motifs is 1. The van der Waals surface area contributed by atoms with Crippen LogP contribution in [0.3, 0.4) is 0 Å². The zero-order valence-corrected chi connectivity index (χ0v) is 7.23. The Bertz CT molecular complexity index is 185. The molecule has 0 aromatic carbocycles. The van der Waals surface area contributed by atoms with Crippen LogP contribution < -0.4 is 0 Å². The highest BCUT2D eigenvalue weighted by molar-refractivity contribution is 5.83. The summed E-state index contributed by atoms with van der Waals surface area (Å²) in [5, 5.41) is 0. The van der Waals surface area contributed by atoms with Gasteiger partial charge in [-0.15, -0.1) is 0 Å². The summed E-state index contributed by atoms with van der Waals surface area (Å²) in [6.07, 6.45) is 7.66. The number of ketones is 1. The molecule has 0 heterocycles. The Morgan fingerprint density at radius 2 is 2.09 bits per heavy atom. The molecule has 2 unspecified atom stereocenters. The zero-order valence-electron chi connectivity index (χ0n) is 7.23. The van der Waals surface area contributed by atoms with Crippen molar-refractivity contribution >= 4 is 5.78 Å². The smallest absolute Gasteiger partial charge is 0.136 e. The van der Waals surface area contributed by atoms with Gasteiger partial charge in [0.15, 0.2) is 0 Å². The van der Waals surface area contributed by atoms with Crippen LogP contribution in [0.25, 0.3) is 0 Å². The van der Waals surface area contributed by atoms with Crippen molar-refractivity contribution in [2.75, 3.05) is 0 Å². The standard InChI is InChI=1S/C10H16O/c1-8(11)10-6-3-2-4-9(10)5-7-10/h9H,2-7H2,1H3. The fourth-order valence-corrected chi connectivity index (χ4v) is 2.92. The van der Waals surface area contributed by atoms with Gasteiger partial charge >= 0.3 is 0 Å². The Morgan fingerprint density at radius 3 is 2.45 bits per heavy atom. The second-order valence-corrected chi connectivity index (χ2v) is 4.19. The van der Waals surface area contributed by atoms with Crippen molar-refractivity contribution in [1.29, 1.82) is 0 Å². The lowest BCUT2D eigenvalue weighted by atomic mass is 9.52. The minimum Gasteiger partial charge on any atom is -0.299 e. The van der Waals surface area contributed by atoms with Gasteiger partial charge in [-0.1, -0.05) is 12.8 Å². The molecule has 2 aliphatic rings. The van der Waals surface area contributed by atoms with Crippen molar-refractivity contribution in [3.05, 3.63) is 0 Å². The van der Waals surface area contributed by atoms with Gasteiger partial charge in [-0.3, -0.25) is 4.79 Å². The van der Waals surface area contributed by atoms with Crippen LogP contribution in [0.1, 0.15) is 45.4 Å².